The quantitative estimate of drug-likeness (QED) is 0.621. The maximum Gasteiger partial charge on any atom is 0.0604 e. The van der Waals surface area contributed by atoms with E-state index in [1.54, 1.807) is 0 Å². The minimum atomic E-state index is 0.718. The second-order valence-corrected chi connectivity index (χ2v) is 3.25. The van der Waals surface area contributed by atoms with Crippen molar-refractivity contribution < 1.29 is 0 Å². The largest absolute Gasteiger partial charge is 0.318 e. The van der Waals surface area contributed by atoms with Crippen LogP contribution in [-0.4, -0.2) is 37.6 Å². The normalized spacial score (nSPS) is 23.7. The molecule has 0 aromatic rings. The molecular formula is C10H18N2. The van der Waals surface area contributed by atoms with Gasteiger partial charge in [0.1, 0.15) is 0 Å². The molecule has 1 rings (SSSR count). The van der Waals surface area contributed by atoms with Crippen molar-refractivity contribution in [3.63, 3.8) is 0 Å². The van der Waals surface area contributed by atoms with Gasteiger partial charge in [-0.3, -0.25) is 4.90 Å². The van der Waals surface area contributed by atoms with Crippen LogP contribution in [0.3, 0.4) is 0 Å². The molecule has 0 aliphatic carbocycles. The predicted octanol–water partition coefficient (Wildman–Crippen LogP) is 0.694. The summed E-state index contributed by atoms with van der Waals surface area (Å²) in [5, 5.41) is 3.23. The van der Waals surface area contributed by atoms with Crippen LogP contribution >= 0.6 is 0 Å². The van der Waals surface area contributed by atoms with Gasteiger partial charge in [0.15, 0.2) is 0 Å². The van der Waals surface area contributed by atoms with Gasteiger partial charge in [-0.2, -0.15) is 0 Å². The van der Waals surface area contributed by atoms with Crippen molar-refractivity contribution in [1.82, 2.24) is 10.2 Å². The average molecular weight is 166 g/mol. The summed E-state index contributed by atoms with van der Waals surface area (Å²) < 4.78 is 0. The third-order valence-corrected chi connectivity index (χ3v) is 2.40. The van der Waals surface area contributed by atoms with Crippen molar-refractivity contribution in [2.75, 3.05) is 26.7 Å². The van der Waals surface area contributed by atoms with E-state index in [1.165, 1.54) is 19.4 Å². The lowest BCUT2D eigenvalue weighted by Gasteiger charge is -2.21. The van der Waals surface area contributed by atoms with E-state index < -0.39 is 0 Å². The van der Waals surface area contributed by atoms with Crippen LogP contribution in [-0.2, 0) is 0 Å². The molecule has 2 nitrogen and oxygen atoms in total. The van der Waals surface area contributed by atoms with Crippen LogP contribution in [0.4, 0.5) is 0 Å². The second kappa shape index (κ2) is 5.18. The fraction of sp³-hybridized carbons (Fsp3) is 0.800. The minimum absolute atomic E-state index is 0.718. The van der Waals surface area contributed by atoms with Crippen molar-refractivity contribution in [3.05, 3.63) is 0 Å². The summed E-state index contributed by atoms with van der Waals surface area (Å²) >= 11 is 0. The molecule has 12 heavy (non-hydrogen) atoms. The van der Waals surface area contributed by atoms with Crippen LogP contribution in [0.15, 0.2) is 0 Å². The molecule has 1 unspecified atom stereocenters. The predicted molar refractivity (Wildman–Crippen MR) is 52.0 cm³/mol. The maximum absolute atomic E-state index is 3.23. The second-order valence-electron chi connectivity index (χ2n) is 3.25. The first-order valence-corrected chi connectivity index (χ1v) is 4.66. The molecule has 0 radical (unpaired) electrons. The molecule has 1 N–H and O–H groups in total. The van der Waals surface area contributed by atoms with E-state index in [-0.39, 0.29) is 0 Å². The molecule has 1 atom stereocenters. The Kier molecular flexibility index (Phi) is 4.13. The Morgan fingerprint density at radius 3 is 3.08 bits per heavy atom. The minimum Gasteiger partial charge on any atom is -0.318 e. The van der Waals surface area contributed by atoms with Crippen LogP contribution in [0.2, 0.25) is 0 Å². The van der Waals surface area contributed by atoms with Crippen molar-refractivity contribution in [3.8, 4) is 11.8 Å². The van der Waals surface area contributed by atoms with E-state index in [1.807, 2.05) is 14.0 Å². The lowest BCUT2D eigenvalue weighted by atomic mass is 10.2. The van der Waals surface area contributed by atoms with Gasteiger partial charge in [-0.25, -0.2) is 0 Å². The molecule has 0 aromatic heterocycles. The van der Waals surface area contributed by atoms with Crippen molar-refractivity contribution in [1.29, 1.82) is 0 Å². The molecule has 1 aliphatic heterocycles. The smallest absolute Gasteiger partial charge is 0.0604 e. The van der Waals surface area contributed by atoms with Crippen LogP contribution in [0.5, 0.6) is 0 Å². The Bertz CT molecular complexity index is 178. The van der Waals surface area contributed by atoms with Gasteiger partial charge in [0.2, 0.25) is 0 Å². The maximum atomic E-state index is 3.23. The van der Waals surface area contributed by atoms with Gasteiger partial charge in [-0.15, -0.1) is 5.92 Å². The number of likely N-dealkylation sites (tertiary alicyclic amines) is 1. The fourth-order valence-electron chi connectivity index (χ4n) is 1.75. The lowest BCUT2D eigenvalue weighted by molar-refractivity contribution is 0.280. The number of rotatable bonds is 3. The van der Waals surface area contributed by atoms with Gasteiger partial charge in [-0.05, 0) is 33.4 Å². The van der Waals surface area contributed by atoms with Gasteiger partial charge < -0.3 is 5.32 Å². The molecule has 0 bridgehead atoms. The lowest BCUT2D eigenvalue weighted by Crippen LogP contribution is -2.36. The van der Waals surface area contributed by atoms with Gasteiger partial charge in [0, 0.05) is 12.6 Å². The summed E-state index contributed by atoms with van der Waals surface area (Å²) in [5.74, 6) is 6.07. The Morgan fingerprint density at radius 2 is 2.42 bits per heavy atom. The van der Waals surface area contributed by atoms with E-state index in [0.717, 1.165) is 19.1 Å². The van der Waals surface area contributed by atoms with E-state index in [4.69, 9.17) is 0 Å². The molecule has 0 aromatic carbocycles. The molecule has 0 spiro atoms. The van der Waals surface area contributed by atoms with Gasteiger partial charge in [-0.1, -0.05) is 5.92 Å². The van der Waals surface area contributed by atoms with Gasteiger partial charge in [0.25, 0.3) is 0 Å². The van der Waals surface area contributed by atoms with Crippen LogP contribution in [0.25, 0.3) is 0 Å². The highest BCUT2D eigenvalue weighted by Gasteiger charge is 2.22. The third kappa shape index (κ3) is 2.51. The molecule has 0 saturated carbocycles. The van der Waals surface area contributed by atoms with E-state index in [2.05, 4.69) is 22.1 Å². The highest BCUT2D eigenvalue weighted by atomic mass is 15.2. The zero-order chi connectivity index (χ0) is 8.81. The van der Waals surface area contributed by atoms with Crippen molar-refractivity contribution in [2.24, 2.45) is 0 Å². The Morgan fingerprint density at radius 1 is 1.58 bits per heavy atom. The molecule has 2 heteroatoms. The van der Waals surface area contributed by atoms with E-state index in [9.17, 15) is 0 Å². The summed E-state index contributed by atoms with van der Waals surface area (Å²) in [5.41, 5.74) is 0. The third-order valence-electron chi connectivity index (χ3n) is 2.40. The number of nitrogens with one attached hydrogen (secondary N) is 1. The first-order valence-electron chi connectivity index (χ1n) is 4.66. The monoisotopic (exact) mass is 166 g/mol. The zero-order valence-corrected chi connectivity index (χ0v) is 8.06. The van der Waals surface area contributed by atoms with Crippen molar-refractivity contribution in [2.45, 2.75) is 25.8 Å². The molecule has 0 amide bonds. The van der Waals surface area contributed by atoms with Gasteiger partial charge >= 0.3 is 0 Å². The molecule has 1 saturated heterocycles. The van der Waals surface area contributed by atoms with Crippen LogP contribution in [0, 0.1) is 11.8 Å². The van der Waals surface area contributed by atoms with E-state index in [0.29, 0.717) is 0 Å². The molecule has 1 fully saturated rings. The van der Waals surface area contributed by atoms with Crippen LogP contribution < -0.4 is 5.32 Å². The highest BCUT2D eigenvalue weighted by Crippen LogP contribution is 2.15. The number of hydrogen-bond acceptors (Lipinski definition) is 2. The topological polar surface area (TPSA) is 15.3 Å². The summed E-state index contributed by atoms with van der Waals surface area (Å²) in [7, 11) is 2.02. The average Bonchev–Trinajstić information content (AvgIpc) is 2.50. The van der Waals surface area contributed by atoms with Crippen molar-refractivity contribution >= 4 is 0 Å². The summed E-state index contributed by atoms with van der Waals surface area (Å²) in [6.07, 6.45) is 2.66. The summed E-state index contributed by atoms with van der Waals surface area (Å²) in [6.45, 7) is 5.18. The van der Waals surface area contributed by atoms with Crippen LogP contribution in [0.1, 0.15) is 19.8 Å². The molecule has 68 valence electrons. The SMILES string of the molecule is CC#CCN1CCCC1CNC. The Labute approximate surface area is 75.3 Å². The summed E-state index contributed by atoms with van der Waals surface area (Å²) in [6, 6.07) is 0.718. The zero-order valence-electron chi connectivity index (χ0n) is 8.06. The fourth-order valence-corrected chi connectivity index (χ4v) is 1.75. The van der Waals surface area contributed by atoms with E-state index >= 15 is 0 Å². The first-order chi connectivity index (χ1) is 5.88. The molecule has 1 heterocycles. The first kappa shape index (κ1) is 9.57. The summed E-state index contributed by atoms with van der Waals surface area (Å²) in [4.78, 5) is 2.47. The Hall–Kier alpha value is -0.520. The van der Waals surface area contributed by atoms with Gasteiger partial charge in [0.05, 0.1) is 6.54 Å². The molecular weight excluding hydrogens is 148 g/mol. The number of nitrogens with zero attached hydrogens (tertiary/aromatic N) is 1. The standard InChI is InChI=1S/C10H18N2/c1-3-4-7-12-8-5-6-10(12)9-11-2/h10-11H,5-9H2,1-2H3. The highest BCUT2D eigenvalue weighted by molar-refractivity contribution is 5.00. The number of likely N-dealkylation sites (N-methyl/N-ethyl adjacent to an activating group) is 1. The Balaban J connectivity index is 2.33. The number of hydrogen-bond donors (Lipinski definition) is 1. The molecule has 1 aliphatic rings.